The van der Waals surface area contributed by atoms with E-state index in [2.05, 4.69) is 10.3 Å². The van der Waals surface area contributed by atoms with Gasteiger partial charge in [0, 0.05) is 28.4 Å². The summed E-state index contributed by atoms with van der Waals surface area (Å²) in [6, 6.07) is 7.35. The summed E-state index contributed by atoms with van der Waals surface area (Å²) in [6.07, 6.45) is -0.0551. The molecule has 0 saturated carbocycles. The number of carbonyl (C=O) groups excluding carboxylic acids is 1. The van der Waals surface area contributed by atoms with Gasteiger partial charge in [0.2, 0.25) is 11.7 Å². The van der Waals surface area contributed by atoms with Crippen molar-refractivity contribution in [2.75, 3.05) is 5.32 Å². The molecule has 6 nitrogen and oxygen atoms in total. The number of aryl methyl sites for hydroxylation is 1. The number of aromatic nitrogens is 1. The van der Waals surface area contributed by atoms with Crippen molar-refractivity contribution in [2.45, 2.75) is 13.3 Å². The third-order valence-corrected chi connectivity index (χ3v) is 3.85. The van der Waals surface area contributed by atoms with Gasteiger partial charge in [-0.1, -0.05) is 0 Å². The molecule has 1 amide bonds. The second kappa shape index (κ2) is 6.31. The van der Waals surface area contributed by atoms with Crippen LogP contribution in [0.4, 0.5) is 20.2 Å². The topological polar surface area (TPSA) is 88.0 Å². The van der Waals surface area contributed by atoms with Crippen LogP contribution in [-0.4, -0.2) is 15.8 Å². The molecule has 0 radical (unpaired) electrons. The molecule has 3 rings (SSSR count). The number of amides is 1. The van der Waals surface area contributed by atoms with Crippen molar-refractivity contribution >= 4 is 28.2 Å². The Labute approximate surface area is 140 Å². The number of H-pyrrole nitrogens is 1. The number of nitro benzene ring substituents is 1. The number of nitrogens with one attached hydrogen (secondary N) is 2. The summed E-state index contributed by atoms with van der Waals surface area (Å²) >= 11 is 0. The van der Waals surface area contributed by atoms with Crippen LogP contribution in [0.5, 0.6) is 0 Å². The SMILES string of the molecule is Cc1[nH]c2ccc(F)cc2c1CC(=O)Nc1ccc(F)c([N+](=O)[O-])c1. The first-order chi connectivity index (χ1) is 11.8. The lowest BCUT2D eigenvalue weighted by atomic mass is 10.1. The second-order valence-corrected chi connectivity index (χ2v) is 5.57. The molecule has 2 aromatic carbocycles. The summed E-state index contributed by atoms with van der Waals surface area (Å²) < 4.78 is 26.8. The van der Waals surface area contributed by atoms with E-state index in [-0.39, 0.29) is 12.1 Å². The number of hydrogen-bond acceptors (Lipinski definition) is 3. The van der Waals surface area contributed by atoms with Gasteiger partial charge in [0.05, 0.1) is 11.3 Å². The Balaban J connectivity index is 1.84. The smallest absolute Gasteiger partial charge is 0.306 e. The molecule has 1 aromatic heterocycles. The van der Waals surface area contributed by atoms with Crippen LogP contribution in [0.1, 0.15) is 11.3 Å². The molecule has 2 N–H and O–H groups in total. The number of carbonyl (C=O) groups is 1. The lowest BCUT2D eigenvalue weighted by Gasteiger charge is -2.06. The number of fused-ring (bicyclic) bond motifs is 1. The Bertz CT molecular complexity index is 998. The van der Waals surface area contributed by atoms with Crippen molar-refractivity contribution in [3.8, 4) is 0 Å². The third kappa shape index (κ3) is 3.32. The fourth-order valence-electron chi connectivity index (χ4n) is 2.68. The standard InChI is InChI=1S/C17H13F2N3O3/c1-9-12(13-6-10(18)2-5-15(13)20-9)8-17(23)21-11-3-4-14(19)16(7-11)22(24)25/h2-7,20H,8H2,1H3,(H,21,23). The zero-order valence-corrected chi connectivity index (χ0v) is 13.1. The molecular weight excluding hydrogens is 332 g/mol. The fraction of sp³-hybridized carbons (Fsp3) is 0.118. The molecule has 0 fully saturated rings. The molecule has 0 aliphatic heterocycles. The van der Waals surface area contributed by atoms with Crippen LogP contribution in [0.2, 0.25) is 0 Å². The van der Waals surface area contributed by atoms with Gasteiger partial charge < -0.3 is 10.3 Å². The first-order valence-corrected chi connectivity index (χ1v) is 7.35. The van der Waals surface area contributed by atoms with Crippen molar-refractivity contribution in [3.05, 3.63) is 69.4 Å². The Morgan fingerprint density at radius 3 is 2.72 bits per heavy atom. The Hall–Kier alpha value is -3.29. The number of benzene rings is 2. The van der Waals surface area contributed by atoms with Crippen molar-refractivity contribution in [1.82, 2.24) is 4.98 Å². The average molecular weight is 345 g/mol. The monoisotopic (exact) mass is 345 g/mol. The minimum Gasteiger partial charge on any atom is -0.358 e. The summed E-state index contributed by atoms with van der Waals surface area (Å²) in [5.74, 6) is -1.84. The van der Waals surface area contributed by atoms with E-state index in [1.54, 1.807) is 13.0 Å². The number of nitro groups is 1. The minimum atomic E-state index is -0.981. The summed E-state index contributed by atoms with van der Waals surface area (Å²) in [4.78, 5) is 25.2. The van der Waals surface area contributed by atoms with Gasteiger partial charge in [-0.05, 0) is 42.8 Å². The lowest BCUT2D eigenvalue weighted by molar-refractivity contribution is -0.387. The maximum absolute atomic E-state index is 13.5. The van der Waals surface area contributed by atoms with E-state index in [1.165, 1.54) is 18.2 Å². The van der Waals surface area contributed by atoms with E-state index in [0.717, 1.165) is 17.8 Å². The largest absolute Gasteiger partial charge is 0.358 e. The number of anilines is 1. The molecule has 0 unspecified atom stereocenters. The average Bonchev–Trinajstić information content (AvgIpc) is 2.84. The normalized spacial score (nSPS) is 10.8. The molecule has 3 aromatic rings. The predicted molar refractivity (Wildman–Crippen MR) is 88.4 cm³/mol. The van der Waals surface area contributed by atoms with E-state index in [1.807, 2.05) is 0 Å². The molecule has 128 valence electrons. The van der Waals surface area contributed by atoms with Crippen LogP contribution in [0.15, 0.2) is 36.4 Å². The van der Waals surface area contributed by atoms with Crippen LogP contribution in [0, 0.1) is 28.7 Å². The van der Waals surface area contributed by atoms with Crippen LogP contribution in [0.25, 0.3) is 10.9 Å². The number of nitrogens with zero attached hydrogens (tertiary/aromatic N) is 1. The van der Waals surface area contributed by atoms with Crippen LogP contribution < -0.4 is 5.32 Å². The highest BCUT2D eigenvalue weighted by atomic mass is 19.1. The predicted octanol–water partition coefficient (Wildman–Crippen LogP) is 3.84. The molecule has 0 spiro atoms. The van der Waals surface area contributed by atoms with Gasteiger partial charge in [0.25, 0.3) is 0 Å². The number of aromatic amines is 1. The van der Waals surface area contributed by atoms with E-state index in [9.17, 15) is 23.7 Å². The summed E-state index contributed by atoms with van der Waals surface area (Å²) in [7, 11) is 0. The van der Waals surface area contributed by atoms with Gasteiger partial charge in [0.1, 0.15) is 5.82 Å². The zero-order valence-electron chi connectivity index (χ0n) is 13.1. The number of hydrogen-bond donors (Lipinski definition) is 2. The summed E-state index contributed by atoms with van der Waals surface area (Å²) in [5, 5.41) is 13.8. The van der Waals surface area contributed by atoms with Crippen LogP contribution in [-0.2, 0) is 11.2 Å². The molecule has 0 saturated heterocycles. The Morgan fingerprint density at radius 1 is 1.24 bits per heavy atom. The van der Waals surface area contributed by atoms with Crippen molar-refractivity contribution in [2.24, 2.45) is 0 Å². The van der Waals surface area contributed by atoms with E-state index < -0.39 is 28.2 Å². The number of rotatable bonds is 4. The van der Waals surface area contributed by atoms with Crippen LogP contribution >= 0.6 is 0 Å². The lowest BCUT2D eigenvalue weighted by Crippen LogP contribution is -2.15. The van der Waals surface area contributed by atoms with Gasteiger partial charge in [-0.25, -0.2) is 4.39 Å². The molecule has 1 heterocycles. The Kier molecular flexibility index (Phi) is 4.18. The second-order valence-electron chi connectivity index (χ2n) is 5.57. The van der Waals surface area contributed by atoms with Gasteiger partial charge in [0.15, 0.2) is 0 Å². The fourth-order valence-corrected chi connectivity index (χ4v) is 2.68. The summed E-state index contributed by atoms with van der Waals surface area (Å²) in [6.45, 7) is 1.77. The van der Waals surface area contributed by atoms with Gasteiger partial charge >= 0.3 is 5.69 Å². The molecular formula is C17H13F2N3O3. The van der Waals surface area contributed by atoms with Crippen molar-refractivity contribution in [1.29, 1.82) is 0 Å². The molecule has 0 bridgehead atoms. The maximum atomic E-state index is 13.5. The highest BCUT2D eigenvalue weighted by Gasteiger charge is 2.17. The van der Waals surface area contributed by atoms with Gasteiger partial charge in [-0.3, -0.25) is 14.9 Å². The molecule has 0 atom stereocenters. The molecule has 0 aliphatic rings. The van der Waals surface area contributed by atoms with Gasteiger partial charge in [-0.15, -0.1) is 0 Å². The highest BCUT2D eigenvalue weighted by Crippen LogP contribution is 2.25. The quantitative estimate of drug-likeness (QED) is 0.556. The molecule has 0 aliphatic carbocycles. The molecule has 25 heavy (non-hydrogen) atoms. The third-order valence-electron chi connectivity index (χ3n) is 3.85. The zero-order chi connectivity index (χ0) is 18.1. The van der Waals surface area contributed by atoms with E-state index in [0.29, 0.717) is 16.5 Å². The Morgan fingerprint density at radius 2 is 2.00 bits per heavy atom. The van der Waals surface area contributed by atoms with Gasteiger partial charge in [-0.2, -0.15) is 4.39 Å². The van der Waals surface area contributed by atoms with E-state index in [4.69, 9.17) is 0 Å². The van der Waals surface area contributed by atoms with Crippen LogP contribution in [0.3, 0.4) is 0 Å². The maximum Gasteiger partial charge on any atom is 0.306 e. The molecule has 8 heteroatoms. The number of halogens is 2. The highest BCUT2D eigenvalue weighted by molar-refractivity contribution is 5.96. The minimum absolute atomic E-state index is 0.0551. The summed E-state index contributed by atoms with van der Waals surface area (Å²) in [5.41, 5.74) is 1.45. The van der Waals surface area contributed by atoms with Crippen molar-refractivity contribution < 1.29 is 18.5 Å². The van der Waals surface area contributed by atoms with Crippen molar-refractivity contribution in [3.63, 3.8) is 0 Å². The van der Waals surface area contributed by atoms with E-state index >= 15 is 0 Å². The first-order valence-electron chi connectivity index (χ1n) is 7.35. The first kappa shape index (κ1) is 16.6.